The molecule has 0 fully saturated rings. The summed E-state index contributed by atoms with van der Waals surface area (Å²) in [6.07, 6.45) is -0.0888. The lowest BCUT2D eigenvalue weighted by Gasteiger charge is -2.19. The fourth-order valence-corrected chi connectivity index (χ4v) is 1.09. The van der Waals surface area contributed by atoms with Crippen molar-refractivity contribution in [1.29, 1.82) is 0 Å². The largest absolute Gasteiger partial charge is 0.443 e. The van der Waals surface area contributed by atoms with E-state index in [0.29, 0.717) is 18.5 Å². The zero-order chi connectivity index (χ0) is 15.8. The Bertz CT molecular complexity index is 386. The maximum absolute atomic E-state index is 11.4. The van der Waals surface area contributed by atoms with E-state index < -0.39 is 11.7 Å². The average Bonchev–Trinajstić information content (AvgIpc) is 2.29. The third kappa shape index (κ3) is 9.93. The highest BCUT2D eigenvalue weighted by atomic mass is 16.6. The lowest BCUT2D eigenvalue weighted by molar-refractivity contribution is -0.122. The molecule has 0 rings (SSSR count). The summed E-state index contributed by atoms with van der Waals surface area (Å²) >= 11 is 0. The van der Waals surface area contributed by atoms with E-state index in [0.717, 1.165) is 0 Å². The Morgan fingerprint density at radius 3 is 2.25 bits per heavy atom. The highest BCUT2D eigenvalue weighted by Gasteiger charge is 2.16. The molecule has 0 saturated carbocycles. The van der Waals surface area contributed by atoms with Crippen LogP contribution in [0.1, 0.15) is 40.5 Å². The second-order valence-corrected chi connectivity index (χ2v) is 5.31. The van der Waals surface area contributed by atoms with Gasteiger partial charge < -0.3 is 10.1 Å². The fourth-order valence-electron chi connectivity index (χ4n) is 1.09. The number of carbonyl (C=O) groups is 3. The van der Waals surface area contributed by atoms with Gasteiger partial charge in [0, 0.05) is 18.5 Å². The summed E-state index contributed by atoms with van der Waals surface area (Å²) in [5.74, 6) is -0.599. The standard InChI is InChI=1S/C13H23N3O4/c1-9(2)11(18)14-8-6-7-10(17)15-16-12(19)20-13(3,4)5/h1,6-8H2,2-5H3,(H,14,18)(H,15,17)(H,16,19). The first-order valence-corrected chi connectivity index (χ1v) is 6.33. The number of rotatable bonds is 5. The molecule has 0 spiro atoms. The fraction of sp³-hybridized carbons (Fsp3) is 0.615. The number of amides is 3. The molecule has 3 N–H and O–H groups in total. The van der Waals surface area contributed by atoms with Gasteiger partial charge in [-0.1, -0.05) is 6.58 Å². The topological polar surface area (TPSA) is 96.5 Å². The Labute approximate surface area is 119 Å². The van der Waals surface area contributed by atoms with Crippen LogP contribution in [0.15, 0.2) is 12.2 Å². The Balaban J connectivity index is 3.72. The molecular weight excluding hydrogens is 262 g/mol. The van der Waals surface area contributed by atoms with Crippen LogP contribution in [0.4, 0.5) is 4.79 Å². The van der Waals surface area contributed by atoms with Crippen LogP contribution in [0.5, 0.6) is 0 Å². The molecule has 3 amide bonds. The minimum atomic E-state index is -0.721. The van der Waals surface area contributed by atoms with Gasteiger partial charge in [-0.2, -0.15) is 0 Å². The van der Waals surface area contributed by atoms with Crippen molar-refractivity contribution in [2.75, 3.05) is 6.54 Å². The minimum absolute atomic E-state index is 0.173. The summed E-state index contributed by atoms with van der Waals surface area (Å²) in [4.78, 5) is 33.8. The van der Waals surface area contributed by atoms with Crippen LogP contribution in [-0.4, -0.2) is 30.1 Å². The smallest absolute Gasteiger partial charge is 0.426 e. The van der Waals surface area contributed by atoms with Gasteiger partial charge in [-0.05, 0) is 34.1 Å². The van der Waals surface area contributed by atoms with Crippen LogP contribution in [0.3, 0.4) is 0 Å². The maximum atomic E-state index is 11.4. The number of nitrogens with one attached hydrogen (secondary N) is 3. The number of hydrogen-bond acceptors (Lipinski definition) is 4. The molecular formula is C13H23N3O4. The van der Waals surface area contributed by atoms with Crippen molar-refractivity contribution < 1.29 is 19.1 Å². The van der Waals surface area contributed by atoms with Crippen LogP contribution >= 0.6 is 0 Å². The first-order chi connectivity index (χ1) is 9.11. The first kappa shape index (κ1) is 17.9. The van der Waals surface area contributed by atoms with E-state index in [1.807, 2.05) is 0 Å². The molecule has 114 valence electrons. The summed E-state index contributed by atoms with van der Waals surface area (Å²) < 4.78 is 4.94. The molecule has 0 bridgehead atoms. The van der Waals surface area contributed by atoms with Crippen LogP contribution in [-0.2, 0) is 14.3 Å². The van der Waals surface area contributed by atoms with Gasteiger partial charge in [-0.15, -0.1) is 0 Å². The van der Waals surface area contributed by atoms with E-state index in [1.54, 1.807) is 27.7 Å². The number of carbonyl (C=O) groups excluding carboxylic acids is 3. The van der Waals surface area contributed by atoms with Gasteiger partial charge in [0.1, 0.15) is 5.60 Å². The molecule has 0 aromatic carbocycles. The molecule has 20 heavy (non-hydrogen) atoms. The average molecular weight is 285 g/mol. The van der Waals surface area contributed by atoms with Crippen LogP contribution < -0.4 is 16.2 Å². The molecule has 0 unspecified atom stereocenters. The normalized spacial score (nSPS) is 10.4. The van der Waals surface area contributed by atoms with Gasteiger partial charge in [-0.3, -0.25) is 15.0 Å². The maximum Gasteiger partial charge on any atom is 0.426 e. The number of ether oxygens (including phenoxy) is 1. The van der Waals surface area contributed by atoms with Crippen LogP contribution in [0.25, 0.3) is 0 Å². The van der Waals surface area contributed by atoms with E-state index in [9.17, 15) is 14.4 Å². The van der Waals surface area contributed by atoms with Crippen molar-refractivity contribution in [3.8, 4) is 0 Å². The second-order valence-electron chi connectivity index (χ2n) is 5.31. The van der Waals surface area contributed by atoms with Crippen molar-refractivity contribution in [3.05, 3.63) is 12.2 Å². The molecule has 0 aliphatic carbocycles. The van der Waals surface area contributed by atoms with Gasteiger partial charge in [0.2, 0.25) is 11.8 Å². The predicted molar refractivity (Wildman–Crippen MR) is 74.6 cm³/mol. The van der Waals surface area contributed by atoms with Crippen molar-refractivity contribution in [2.45, 2.75) is 46.1 Å². The van der Waals surface area contributed by atoms with Crippen LogP contribution in [0, 0.1) is 0 Å². The molecule has 0 aromatic rings. The Hall–Kier alpha value is -2.05. The molecule has 0 radical (unpaired) electrons. The highest BCUT2D eigenvalue weighted by Crippen LogP contribution is 2.05. The molecule has 0 saturated heterocycles. The minimum Gasteiger partial charge on any atom is -0.443 e. The SMILES string of the molecule is C=C(C)C(=O)NCCCC(=O)NNC(=O)OC(C)(C)C. The highest BCUT2D eigenvalue weighted by molar-refractivity contribution is 5.92. The predicted octanol–water partition coefficient (Wildman–Crippen LogP) is 1.01. The van der Waals surface area contributed by atoms with E-state index in [1.165, 1.54) is 0 Å². The molecule has 0 aliphatic heterocycles. The molecule has 0 aromatic heterocycles. The van der Waals surface area contributed by atoms with E-state index in [2.05, 4.69) is 22.7 Å². The molecule has 0 heterocycles. The summed E-state index contributed by atoms with van der Waals surface area (Å²) in [7, 11) is 0. The quantitative estimate of drug-likeness (QED) is 0.399. The second kappa shape index (κ2) is 8.19. The number of hydrazine groups is 1. The van der Waals surface area contributed by atoms with Crippen molar-refractivity contribution in [3.63, 3.8) is 0 Å². The van der Waals surface area contributed by atoms with E-state index in [4.69, 9.17) is 4.74 Å². The summed E-state index contributed by atoms with van der Waals surface area (Å²) in [6, 6.07) is 0. The molecule has 7 nitrogen and oxygen atoms in total. The zero-order valence-corrected chi connectivity index (χ0v) is 12.5. The van der Waals surface area contributed by atoms with Gasteiger partial charge in [0.05, 0.1) is 0 Å². The Morgan fingerprint density at radius 2 is 1.75 bits per heavy atom. The van der Waals surface area contributed by atoms with Crippen molar-refractivity contribution in [2.24, 2.45) is 0 Å². The van der Waals surface area contributed by atoms with Crippen molar-refractivity contribution in [1.82, 2.24) is 16.2 Å². The molecule has 0 atom stereocenters. The van der Waals surface area contributed by atoms with E-state index >= 15 is 0 Å². The van der Waals surface area contributed by atoms with Gasteiger partial charge in [0.15, 0.2) is 0 Å². The Morgan fingerprint density at radius 1 is 1.15 bits per heavy atom. The van der Waals surface area contributed by atoms with Crippen LogP contribution in [0.2, 0.25) is 0 Å². The lowest BCUT2D eigenvalue weighted by Crippen LogP contribution is -2.44. The lowest BCUT2D eigenvalue weighted by atomic mass is 10.2. The van der Waals surface area contributed by atoms with Crippen molar-refractivity contribution >= 4 is 17.9 Å². The third-order valence-corrected chi connectivity index (χ3v) is 1.96. The van der Waals surface area contributed by atoms with Gasteiger partial charge in [-0.25, -0.2) is 10.2 Å². The molecule has 7 heteroatoms. The third-order valence-electron chi connectivity index (χ3n) is 1.96. The van der Waals surface area contributed by atoms with E-state index in [-0.39, 0.29) is 18.2 Å². The zero-order valence-electron chi connectivity index (χ0n) is 12.5. The summed E-state index contributed by atoms with van der Waals surface area (Å²) in [5, 5.41) is 2.60. The summed E-state index contributed by atoms with van der Waals surface area (Å²) in [6.45, 7) is 10.6. The summed E-state index contributed by atoms with van der Waals surface area (Å²) in [5.41, 5.74) is 4.16. The first-order valence-electron chi connectivity index (χ1n) is 6.33. The number of hydrogen-bond donors (Lipinski definition) is 3. The monoisotopic (exact) mass is 285 g/mol. The Kier molecular flexibility index (Phi) is 7.35. The van der Waals surface area contributed by atoms with Gasteiger partial charge in [0.25, 0.3) is 0 Å². The molecule has 0 aliphatic rings. The van der Waals surface area contributed by atoms with Gasteiger partial charge >= 0.3 is 6.09 Å².